The Kier molecular flexibility index (Phi) is 5.16. The van der Waals surface area contributed by atoms with Crippen LogP contribution in [0.5, 0.6) is 0 Å². The third-order valence-corrected chi connectivity index (χ3v) is 3.62. The van der Waals surface area contributed by atoms with Gasteiger partial charge in [-0.1, -0.05) is 6.07 Å². The molecule has 1 amide bonds. The van der Waals surface area contributed by atoms with Crippen molar-refractivity contribution in [2.75, 3.05) is 13.7 Å². The predicted molar refractivity (Wildman–Crippen MR) is 86.3 cm³/mol. The van der Waals surface area contributed by atoms with Crippen LogP contribution < -0.4 is 0 Å². The quantitative estimate of drug-likeness (QED) is 0.860. The average Bonchev–Trinajstić information content (AvgIpc) is 2.82. The van der Waals surface area contributed by atoms with Crippen molar-refractivity contribution >= 4 is 11.9 Å². The molecule has 0 saturated carbocycles. The number of ether oxygens (including phenoxy) is 1. The largest absolute Gasteiger partial charge is 0.462 e. The van der Waals surface area contributed by atoms with Crippen LogP contribution in [-0.2, 0) is 11.3 Å². The van der Waals surface area contributed by atoms with E-state index in [0.717, 1.165) is 5.56 Å². The molecule has 23 heavy (non-hydrogen) atoms. The summed E-state index contributed by atoms with van der Waals surface area (Å²) in [6.07, 6.45) is 3.41. The van der Waals surface area contributed by atoms with E-state index in [4.69, 9.17) is 4.74 Å². The minimum atomic E-state index is -0.410. The highest BCUT2D eigenvalue weighted by atomic mass is 16.5. The number of amides is 1. The van der Waals surface area contributed by atoms with Crippen molar-refractivity contribution in [2.45, 2.75) is 27.3 Å². The van der Waals surface area contributed by atoms with Gasteiger partial charge < -0.3 is 14.6 Å². The maximum Gasteiger partial charge on any atom is 0.340 e. The van der Waals surface area contributed by atoms with E-state index in [0.29, 0.717) is 35.7 Å². The molecule has 0 aliphatic carbocycles. The van der Waals surface area contributed by atoms with Gasteiger partial charge in [-0.15, -0.1) is 0 Å². The van der Waals surface area contributed by atoms with Gasteiger partial charge in [-0.3, -0.25) is 9.78 Å². The minimum absolute atomic E-state index is 0.176. The second-order valence-corrected chi connectivity index (χ2v) is 5.37. The highest BCUT2D eigenvalue weighted by Gasteiger charge is 2.24. The van der Waals surface area contributed by atoms with Crippen LogP contribution in [0.4, 0.5) is 0 Å². The number of hydrogen-bond acceptors (Lipinski definition) is 4. The SMILES string of the molecule is CCOC(=O)c1c(C)[nH]c(C(=O)N(C)Cc2cccnc2)c1C. The lowest BCUT2D eigenvalue weighted by Crippen LogP contribution is -2.27. The molecule has 2 aromatic rings. The highest BCUT2D eigenvalue weighted by Crippen LogP contribution is 2.20. The molecule has 1 N–H and O–H groups in total. The minimum Gasteiger partial charge on any atom is -0.462 e. The Bertz CT molecular complexity index is 707. The summed E-state index contributed by atoms with van der Waals surface area (Å²) < 4.78 is 5.05. The Morgan fingerprint density at radius 1 is 1.35 bits per heavy atom. The molecule has 2 aromatic heterocycles. The molecule has 0 spiro atoms. The predicted octanol–water partition coefficient (Wildman–Crippen LogP) is 2.48. The molecule has 2 heterocycles. The Morgan fingerprint density at radius 2 is 2.09 bits per heavy atom. The number of hydrogen-bond donors (Lipinski definition) is 1. The molecule has 122 valence electrons. The highest BCUT2D eigenvalue weighted by molar-refractivity contribution is 6.00. The number of aryl methyl sites for hydroxylation is 1. The van der Waals surface area contributed by atoms with Crippen LogP contribution in [0.25, 0.3) is 0 Å². The number of aromatic amines is 1. The summed E-state index contributed by atoms with van der Waals surface area (Å²) in [5.41, 5.74) is 3.04. The molecule has 0 bridgehead atoms. The van der Waals surface area contributed by atoms with Crippen LogP contribution in [0.15, 0.2) is 24.5 Å². The van der Waals surface area contributed by atoms with E-state index in [2.05, 4.69) is 9.97 Å². The zero-order valence-electron chi connectivity index (χ0n) is 13.8. The summed E-state index contributed by atoms with van der Waals surface area (Å²) in [7, 11) is 1.72. The van der Waals surface area contributed by atoms with Gasteiger partial charge in [0.2, 0.25) is 0 Å². The second kappa shape index (κ2) is 7.09. The standard InChI is InChI=1S/C17H21N3O3/c1-5-23-17(22)14-11(2)15(19-12(14)3)16(21)20(4)10-13-7-6-8-18-9-13/h6-9,19H,5,10H2,1-4H3. The first-order valence-electron chi connectivity index (χ1n) is 7.46. The number of nitrogens with zero attached hydrogens (tertiary/aromatic N) is 2. The third-order valence-electron chi connectivity index (χ3n) is 3.62. The van der Waals surface area contributed by atoms with Gasteiger partial charge in [0.15, 0.2) is 0 Å². The van der Waals surface area contributed by atoms with E-state index in [1.165, 1.54) is 0 Å². The van der Waals surface area contributed by atoms with Crippen LogP contribution in [0.3, 0.4) is 0 Å². The average molecular weight is 315 g/mol. The first kappa shape index (κ1) is 16.7. The van der Waals surface area contributed by atoms with E-state index >= 15 is 0 Å². The van der Waals surface area contributed by atoms with E-state index in [9.17, 15) is 9.59 Å². The molecule has 0 fully saturated rings. The van der Waals surface area contributed by atoms with Crippen molar-refractivity contribution < 1.29 is 14.3 Å². The number of carbonyl (C=O) groups excluding carboxylic acids is 2. The van der Waals surface area contributed by atoms with Crippen molar-refractivity contribution in [3.05, 3.63) is 52.6 Å². The monoisotopic (exact) mass is 315 g/mol. The van der Waals surface area contributed by atoms with Crippen molar-refractivity contribution in [1.29, 1.82) is 0 Å². The van der Waals surface area contributed by atoms with Gasteiger partial charge >= 0.3 is 5.97 Å². The number of aromatic nitrogens is 2. The number of pyridine rings is 1. The van der Waals surface area contributed by atoms with E-state index < -0.39 is 5.97 Å². The van der Waals surface area contributed by atoms with E-state index in [1.54, 1.807) is 45.1 Å². The van der Waals surface area contributed by atoms with Gasteiger partial charge in [-0.25, -0.2) is 4.79 Å². The lowest BCUT2D eigenvalue weighted by atomic mass is 10.1. The molecular weight excluding hydrogens is 294 g/mol. The lowest BCUT2D eigenvalue weighted by molar-refractivity contribution is 0.0525. The molecule has 0 aromatic carbocycles. The van der Waals surface area contributed by atoms with Crippen LogP contribution in [0, 0.1) is 13.8 Å². The van der Waals surface area contributed by atoms with Gasteiger partial charge in [0, 0.05) is 31.7 Å². The van der Waals surface area contributed by atoms with Crippen LogP contribution >= 0.6 is 0 Å². The summed E-state index contributed by atoms with van der Waals surface area (Å²) >= 11 is 0. The molecule has 6 nitrogen and oxygen atoms in total. The first-order valence-corrected chi connectivity index (χ1v) is 7.46. The zero-order valence-corrected chi connectivity index (χ0v) is 13.8. The number of carbonyl (C=O) groups is 2. The van der Waals surface area contributed by atoms with Crippen LogP contribution in [0.1, 0.15) is 44.6 Å². The topological polar surface area (TPSA) is 75.3 Å². The first-order chi connectivity index (χ1) is 11.0. The van der Waals surface area contributed by atoms with E-state index in [1.807, 2.05) is 12.1 Å². The summed E-state index contributed by atoms with van der Waals surface area (Å²) in [5.74, 6) is -0.585. The molecule has 0 radical (unpaired) electrons. The lowest BCUT2D eigenvalue weighted by Gasteiger charge is -2.16. The summed E-state index contributed by atoms with van der Waals surface area (Å²) in [6.45, 7) is 6.01. The Hall–Kier alpha value is -2.63. The fourth-order valence-corrected chi connectivity index (χ4v) is 2.50. The number of nitrogens with one attached hydrogen (secondary N) is 1. The maximum absolute atomic E-state index is 12.6. The molecule has 2 rings (SSSR count). The molecule has 0 unspecified atom stereocenters. The third kappa shape index (κ3) is 3.59. The smallest absolute Gasteiger partial charge is 0.340 e. The molecule has 0 saturated heterocycles. The number of rotatable bonds is 5. The Labute approximate surface area is 135 Å². The normalized spacial score (nSPS) is 10.4. The van der Waals surface area contributed by atoms with Crippen LogP contribution in [-0.4, -0.2) is 40.4 Å². The van der Waals surface area contributed by atoms with Crippen LogP contribution in [0.2, 0.25) is 0 Å². The molecule has 0 aliphatic heterocycles. The van der Waals surface area contributed by atoms with Crippen molar-refractivity contribution in [3.63, 3.8) is 0 Å². The zero-order chi connectivity index (χ0) is 17.0. The van der Waals surface area contributed by atoms with Crippen molar-refractivity contribution in [1.82, 2.24) is 14.9 Å². The van der Waals surface area contributed by atoms with Gasteiger partial charge in [0.25, 0.3) is 5.91 Å². The van der Waals surface area contributed by atoms with Gasteiger partial charge in [0.05, 0.1) is 12.2 Å². The van der Waals surface area contributed by atoms with Gasteiger partial charge in [0.1, 0.15) is 5.69 Å². The molecule has 0 aliphatic rings. The number of esters is 1. The van der Waals surface area contributed by atoms with E-state index in [-0.39, 0.29) is 5.91 Å². The number of H-pyrrole nitrogens is 1. The molecule has 0 atom stereocenters. The van der Waals surface area contributed by atoms with Crippen molar-refractivity contribution in [2.24, 2.45) is 0 Å². The maximum atomic E-state index is 12.6. The summed E-state index contributed by atoms with van der Waals surface area (Å²) in [5, 5.41) is 0. The second-order valence-electron chi connectivity index (χ2n) is 5.37. The fourth-order valence-electron chi connectivity index (χ4n) is 2.50. The molecular formula is C17H21N3O3. The van der Waals surface area contributed by atoms with Crippen molar-refractivity contribution in [3.8, 4) is 0 Å². The summed E-state index contributed by atoms with van der Waals surface area (Å²) in [4.78, 5) is 33.3. The summed E-state index contributed by atoms with van der Waals surface area (Å²) in [6, 6.07) is 3.74. The van der Waals surface area contributed by atoms with Gasteiger partial charge in [-0.05, 0) is 38.0 Å². The Balaban J connectivity index is 2.22. The molecule has 6 heteroatoms. The Morgan fingerprint density at radius 3 is 2.70 bits per heavy atom. The van der Waals surface area contributed by atoms with Gasteiger partial charge in [-0.2, -0.15) is 0 Å². The fraction of sp³-hybridized carbons (Fsp3) is 0.353.